The second kappa shape index (κ2) is 6.92. The van der Waals surface area contributed by atoms with Gasteiger partial charge in [0.15, 0.2) is 0 Å². The van der Waals surface area contributed by atoms with Crippen molar-refractivity contribution in [2.45, 2.75) is 45.6 Å². The molecule has 1 aromatic rings. The van der Waals surface area contributed by atoms with Gasteiger partial charge in [0, 0.05) is 6.42 Å². The Morgan fingerprint density at radius 1 is 1.16 bits per heavy atom. The van der Waals surface area contributed by atoms with Crippen LogP contribution in [0.4, 0.5) is 0 Å². The van der Waals surface area contributed by atoms with Crippen LogP contribution in [0, 0.1) is 0 Å². The minimum atomic E-state index is -0.922. The lowest BCUT2D eigenvalue weighted by Crippen LogP contribution is -2.29. The SMILES string of the molecule is CCC(=O)NC(CC(=O)O)c1ccc(C(C)C)cc1. The van der Waals surface area contributed by atoms with E-state index in [0.29, 0.717) is 12.3 Å². The lowest BCUT2D eigenvalue weighted by molar-refractivity contribution is -0.137. The van der Waals surface area contributed by atoms with E-state index in [1.807, 2.05) is 24.3 Å². The number of amides is 1. The first-order valence-electron chi connectivity index (χ1n) is 6.55. The number of carboxylic acids is 1. The number of benzene rings is 1. The van der Waals surface area contributed by atoms with Crippen molar-refractivity contribution in [2.24, 2.45) is 0 Å². The van der Waals surface area contributed by atoms with Crippen LogP contribution in [0.2, 0.25) is 0 Å². The zero-order valence-corrected chi connectivity index (χ0v) is 11.6. The molecule has 4 heteroatoms. The maximum absolute atomic E-state index is 11.4. The molecule has 0 aliphatic rings. The minimum Gasteiger partial charge on any atom is -0.481 e. The molecule has 0 fully saturated rings. The van der Waals surface area contributed by atoms with Gasteiger partial charge in [-0.1, -0.05) is 45.0 Å². The number of aliphatic carboxylic acids is 1. The number of carbonyl (C=O) groups excluding carboxylic acids is 1. The Morgan fingerprint density at radius 2 is 1.68 bits per heavy atom. The van der Waals surface area contributed by atoms with Gasteiger partial charge in [-0.3, -0.25) is 9.59 Å². The molecule has 19 heavy (non-hydrogen) atoms. The van der Waals surface area contributed by atoms with Crippen LogP contribution in [-0.2, 0) is 9.59 Å². The predicted octanol–water partition coefficient (Wildman–Crippen LogP) is 2.85. The highest BCUT2D eigenvalue weighted by Crippen LogP contribution is 2.21. The summed E-state index contributed by atoms with van der Waals surface area (Å²) in [5.74, 6) is -0.634. The Bertz CT molecular complexity index is 437. The summed E-state index contributed by atoms with van der Waals surface area (Å²) in [6.07, 6.45) is 0.243. The van der Waals surface area contributed by atoms with Crippen LogP contribution in [0.5, 0.6) is 0 Å². The smallest absolute Gasteiger partial charge is 0.305 e. The van der Waals surface area contributed by atoms with Crippen molar-refractivity contribution in [3.8, 4) is 0 Å². The van der Waals surface area contributed by atoms with Crippen molar-refractivity contribution in [2.75, 3.05) is 0 Å². The van der Waals surface area contributed by atoms with Gasteiger partial charge < -0.3 is 10.4 Å². The Balaban J connectivity index is 2.89. The first kappa shape index (κ1) is 15.2. The lowest BCUT2D eigenvalue weighted by Gasteiger charge is -2.18. The van der Waals surface area contributed by atoms with Crippen molar-refractivity contribution in [1.82, 2.24) is 5.32 Å². The molecule has 0 bridgehead atoms. The van der Waals surface area contributed by atoms with Crippen LogP contribution in [0.25, 0.3) is 0 Å². The zero-order chi connectivity index (χ0) is 14.4. The summed E-state index contributed by atoms with van der Waals surface area (Å²) in [5.41, 5.74) is 2.02. The maximum Gasteiger partial charge on any atom is 0.305 e. The number of rotatable bonds is 6. The minimum absolute atomic E-state index is 0.104. The summed E-state index contributed by atoms with van der Waals surface area (Å²) in [7, 11) is 0. The number of hydrogen-bond donors (Lipinski definition) is 2. The molecule has 0 spiro atoms. The highest BCUT2D eigenvalue weighted by atomic mass is 16.4. The number of nitrogens with one attached hydrogen (secondary N) is 1. The van der Waals surface area contributed by atoms with Gasteiger partial charge in [-0.05, 0) is 17.0 Å². The molecular weight excluding hydrogens is 242 g/mol. The standard InChI is InChI=1S/C15H21NO3/c1-4-14(17)16-13(9-15(18)19)12-7-5-11(6-8-12)10(2)3/h5-8,10,13H,4,9H2,1-3H3,(H,16,17)(H,18,19). The van der Waals surface area contributed by atoms with Crippen molar-refractivity contribution < 1.29 is 14.7 Å². The van der Waals surface area contributed by atoms with Crippen LogP contribution < -0.4 is 5.32 Å². The molecule has 1 aromatic carbocycles. The lowest BCUT2D eigenvalue weighted by atomic mass is 9.97. The molecule has 0 saturated heterocycles. The van der Waals surface area contributed by atoms with Gasteiger partial charge in [0.05, 0.1) is 12.5 Å². The Morgan fingerprint density at radius 3 is 2.11 bits per heavy atom. The summed E-state index contributed by atoms with van der Waals surface area (Å²) >= 11 is 0. The van der Waals surface area contributed by atoms with Gasteiger partial charge in [-0.25, -0.2) is 0 Å². The molecule has 0 saturated carbocycles. The third kappa shape index (κ3) is 4.73. The summed E-state index contributed by atoms with van der Waals surface area (Å²) in [4.78, 5) is 22.3. The predicted molar refractivity (Wildman–Crippen MR) is 74.0 cm³/mol. The molecule has 1 amide bonds. The van der Waals surface area contributed by atoms with Gasteiger partial charge in [-0.2, -0.15) is 0 Å². The van der Waals surface area contributed by atoms with Crippen molar-refractivity contribution in [3.05, 3.63) is 35.4 Å². The Kier molecular flexibility index (Phi) is 5.55. The number of carbonyl (C=O) groups is 2. The van der Waals surface area contributed by atoms with Crippen LogP contribution in [0.3, 0.4) is 0 Å². The summed E-state index contributed by atoms with van der Waals surface area (Å²) in [5, 5.41) is 11.7. The normalized spacial score (nSPS) is 12.2. The van der Waals surface area contributed by atoms with Gasteiger partial charge in [0.2, 0.25) is 5.91 Å². The van der Waals surface area contributed by atoms with E-state index >= 15 is 0 Å². The maximum atomic E-state index is 11.4. The van der Waals surface area contributed by atoms with Crippen LogP contribution in [0.1, 0.15) is 56.7 Å². The van der Waals surface area contributed by atoms with Crippen LogP contribution in [-0.4, -0.2) is 17.0 Å². The fourth-order valence-corrected chi connectivity index (χ4v) is 1.84. The number of carboxylic acid groups (broad SMARTS) is 1. The second-order valence-electron chi connectivity index (χ2n) is 4.89. The molecule has 0 aromatic heterocycles. The summed E-state index contributed by atoms with van der Waals surface area (Å²) < 4.78 is 0. The highest BCUT2D eigenvalue weighted by Gasteiger charge is 2.17. The van der Waals surface area contributed by atoms with E-state index in [-0.39, 0.29) is 12.3 Å². The summed E-state index contributed by atoms with van der Waals surface area (Å²) in [6, 6.07) is 7.27. The van der Waals surface area contributed by atoms with Crippen molar-refractivity contribution in [1.29, 1.82) is 0 Å². The zero-order valence-electron chi connectivity index (χ0n) is 11.6. The van der Waals surface area contributed by atoms with E-state index in [1.54, 1.807) is 6.92 Å². The van der Waals surface area contributed by atoms with E-state index in [0.717, 1.165) is 5.56 Å². The van der Waals surface area contributed by atoms with E-state index in [1.165, 1.54) is 5.56 Å². The van der Waals surface area contributed by atoms with Crippen LogP contribution in [0.15, 0.2) is 24.3 Å². The molecule has 0 aliphatic carbocycles. The fourth-order valence-electron chi connectivity index (χ4n) is 1.84. The third-order valence-corrected chi connectivity index (χ3v) is 3.04. The average Bonchev–Trinajstić information content (AvgIpc) is 2.37. The molecular formula is C15H21NO3. The molecule has 1 atom stereocenters. The third-order valence-electron chi connectivity index (χ3n) is 3.04. The Labute approximate surface area is 113 Å². The number of hydrogen-bond acceptors (Lipinski definition) is 2. The molecule has 1 unspecified atom stereocenters. The average molecular weight is 263 g/mol. The molecule has 104 valence electrons. The van der Waals surface area contributed by atoms with Crippen molar-refractivity contribution >= 4 is 11.9 Å². The highest BCUT2D eigenvalue weighted by molar-refractivity contribution is 5.77. The fraction of sp³-hybridized carbons (Fsp3) is 0.467. The molecule has 4 nitrogen and oxygen atoms in total. The second-order valence-corrected chi connectivity index (χ2v) is 4.89. The topological polar surface area (TPSA) is 66.4 Å². The molecule has 0 radical (unpaired) electrons. The molecule has 0 aliphatic heterocycles. The van der Waals surface area contributed by atoms with E-state index in [9.17, 15) is 9.59 Å². The monoisotopic (exact) mass is 263 g/mol. The van der Waals surface area contributed by atoms with E-state index in [2.05, 4.69) is 19.2 Å². The van der Waals surface area contributed by atoms with Gasteiger partial charge in [0.1, 0.15) is 0 Å². The van der Waals surface area contributed by atoms with E-state index < -0.39 is 12.0 Å². The Hall–Kier alpha value is -1.84. The molecule has 2 N–H and O–H groups in total. The molecule has 1 rings (SSSR count). The van der Waals surface area contributed by atoms with Gasteiger partial charge in [0.25, 0.3) is 0 Å². The van der Waals surface area contributed by atoms with E-state index in [4.69, 9.17) is 5.11 Å². The first-order chi connectivity index (χ1) is 8.93. The van der Waals surface area contributed by atoms with Crippen molar-refractivity contribution in [3.63, 3.8) is 0 Å². The largest absolute Gasteiger partial charge is 0.481 e. The quantitative estimate of drug-likeness (QED) is 0.829. The first-order valence-corrected chi connectivity index (χ1v) is 6.55. The van der Waals surface area contributed by atoms with Gasteiger partial charge in [-0.15, -0.1) is 0 Å². The summed E-state index contributed by atoms with van der Waals surface area (Å²) in [6.45, 7) is 5.94. The molecule has 0 heterocycles. The van der Waals surface area contributed by atoms with Gasteiger partial charge >= 0.3 is 5.97 Å². The van der Waals surface area contributed by atoms with Crippen LogP contribution >= 0.6 is 0 Å².